The first-order valence-electron chi connectivity index (χ1n) is 6.62. The van der Waals surface area contributed by atoms with Gasteiger partial charge in [0.05, 0.1) is 11.0 Å². The molecule has 3 rings (SSSR count). The Morgan fingerprint density at radius 1 is 1.14 bits per heavy atom. The van der Waals surface area contributed by atoms with Gasteiger partial charge in [0.15, 0.2) is 22.9 Å². The second kappa shape index (κ2) is 4.96. The van der Waals surface area contributed by atoms with Gasteiger partial charge in [0.1, 0.15) is 0 Å². The summed E-state index contributed by atoms with van der Waals surface area (Å²) in [5.41, 5.74) is 0.413. The van der Waals surface area contributed by atoms with Gasteiger partial charge in [-0.15, -0.1) is 0 Å². The van der Waals surface area contributed by atoms with Gasteiger partial charge in [-0.05, 0) is 7.05 Å². The SMILES string of the molecule is CN1CCN(c2nc3cc(F)c(F)cc3n(N)c2=N)CC1. The third-order valence-corrected chi connectivity index (χ3v) is 3.76. The van der Waals surface area contributed by atoms with Crippen LogP contribution in [0.2, 0.25) is 0 Å². The first-order valence-corrected chi connectivity index (χ1v) is 6.62. The molecular weight excluding hydrogens is 278 g/mol. The second-order valence-electron chi connectivity index (χ2n) is 5.20. The standard InChI is InChI=1S/C13H16F2N6/c1-19-2-4-20(5-3-19)13-12(16)21(17)11-7-9(15)8(14)6-10(11)18-13/h6-7,16H,2-5,17H2,1H3. The van der Waals surface area contributed by atoms with E-state index in [2.05, 4.69) is 9.88 Å². The van der Waals surface area contributed by atoms with Crippen LogP contribution in [0.5, 0.6) is 0 Å². The molecule has 1 aliphatic heterocycles. The zero-order valence-corrected chi connectivity index (χ0v) is 11.6. The second-order valence-corrected chi connectivity index (χ2v) is 5.20. The van der Waals surface area contributed by atoms with Gasteiger partial charge in [-0.1, -0.05) is 0 Å². The zero-order chi connectivity index (χ0) is 15.1. The van der Waals surface area contributed by atoms with E-state index >= 15 is 0 Å². The van der Waals surface area contributed by atoms with Gasteiger partial charge in [0.2, 0.25) is 0 Å². The van der Waals surface area contributed by atoms with Crippen LogP contribution in [0.15, 0.2) is 12.1 Å². The van der Waals surface area contributed by atoms with Crippen LogP contribution in [-0.4, -0.2) is 47.8 Å². The van der Waals surface area contributed by atoms with E-state index in [1.54, 1.807) is 0 Å². The Morgan fingerprint density at radius 3 is 2.43 bits per heavy atom. The number of anilines is 1. The van der Waals surface area contributed by atoms with Gasteiger partial charge >= 0.3 is 0 Å². The van der Waals surface area contributed by atoms with Crippen molar-refractivity contribution >= 4 is 16.9 Å². The van der Waals surface area contributed by atoms with Crippen molar-refractivity contribution in [2.75, 3.05) is 44.0 Å². The number of likely N-dealkylation sites (N-methyl/N-ethyl adjacent to an activating group) is 1. The number of hydrogen-bond acceptors (Lipinski definition) is 5. The number of nitrogen functional groups attached to an aromatic ring is 1. The van der Waals surface area contributed by atoms with Gasteiger partial charge in [0, 0.05) is 38.3 Å². The molecular formula is C13H16F2N6. The molecule has 6 nitrogen and oxygen atoms in total. The molecule has 0 unspecified atom stereocenters. The molecule has 1 fully saturated rings. The lowest BCUT2D eigenvalue weighted by Crippen LogP contribution is -2.47. The highest BCUT2D eigenvalue weighted by atomic mass is 19.2. The zero-order valence-electron chi connectivity index (χ0n) is 11.6. The quantitative estimate of drug-likeness (QED) is 0.740. The largest absolute Gasteiger partial charge is 0.351 e. The normalized spacial score (nSPS) is 16.6. The number of benzene rings is 1. The van der Waals surface area contributed by atoms with Gasteiger partial charge < -0.3 is 15.6 Å². The monoisotopic (exact) mass is 294 g/mol. The summed E-state index contributed by atoms with van der Waals surface area (Å²) in [4.78, 5) is 8.41. The van der Waals surface area contributed by atoms with Crippen LogP contribution in [0.1, 0.15) is 0 Å². The first-order chi connectivity index (χ1) is 9.97. The van der Waals surface area contributed by atoms with Crippen LogP contribution in [0.4, 0.5) is 14.6 Å². The van der Waals surface area contributed by atoms with Gasteiger partial charge in [-0.25, -0.2) is 18.4 Å². The van der Waals surface area contributed by atoms with E-state index in [1.807, 2.05) is 11.9 Å². The summed E-state index contributed by atoms with van der Waals surface area (Å²) in [5.74, 6) is 4.25. The molecule has 0 aliphatic carbocycles. The van der Waals surface area contributed by atoms with Gasteiger partial charge in [-0.3, -0.25) is 5.41 Å². The summed E-state index contributed by atoms with van der Waals surface area (Å²) in [6, 6.07) is 1.97. The van der Waals surface area contributed by atoms with E-state index in [9.17, 15) is 8.78 Å². The molecule has 21 heavy (non-hydrogen) atoms. The maximum Gasteiger partial charge on any atom is 0.187 e. The van der Waals surface area contributed by atoms with E-state index in [1.165, 1.54) is 0 Å². The van der Waals surface area contributed by atoms with Crippen LogP contribution in [0.25, 0.3) is 11.0 Å². The van der Waals surface area contributed by atoms with E-state index in [0.717, 1.165) is 29.9 Å². The van der Waals surface area contributed by atoms with Crippen LogP contribution in [-0.2, 0) is 0 Å². The van der Waals surface area contributed by atoms with Crippen molar-refractivity contribution in [2.24, 2.45) is 0 Å². The maximum atomic E-state index is 13.4. The highest BCUT2D eigenvalue weighted by Gasteiger charge is 2.19. The molecule has 3 N–H and O–H groups in total. The number of aromatic nitrogens is 2. The van der Waals surface area contributed by atoms with E-state index in [4.69, 9.17) is 11.3 Å². The Morgan fingerprint density at radius 2 is 1.76 bits per heavy atom. The molecule has 0 bridgehead atoms. The fraction of sp³-hybridized carbons (Fsp3) is 0.385. The average Bonchev–Trinajstić information content (AvgIpc) is 2.46. The van der Waals surface area contributed by atoms with Crippen molar-refractivity contribution in [3.8, 4) is 0 Å². The Labute approximate surface area is 119 Å². The topological polar surface area (TPSA) is 74.2 Å². The number of fused-ring (bicyclic) bond motifs is 1. The first kappa shape index (κ1) is 13.7. The molecule has 1 saturated heterocycles. The van der Waals surface area contributed by atoms with Crippen molar-refractivity contribution in [1.82, 2.24) is 14.6 Å². The number of halogens is 2. The van der Waals surface area contributed by atoms with Crippen LogP contribution < -0.4 is 16.2 Å². The summed E-state index contributed by atoms with van der Waals surface area (Å²) in [6.07, 6.45) is 0. The van der Waals surface area contributed by atoms with Crippen LogP contribution >= 0.6 is 0 Å². The van der Waals surface area contributed by atoms with Crippen molar-refractivity contribution in [3.63, 3.8) is 0 Å². The van der Waals surface area contributed by atoms with Gasteiger partial charge in [0.25, 0.3) is 0 Å². The Kier molecular flexibility index (Phi) is 3.25. The molecule has 0 radical (unpaired) electrons. The molecule has 0 amide bonds. The lowest BCUT2D eigenvalue weighted by atomic mass is 10.2. The third kappa shape index (κ3) is 2.31. The van der Waals surface area contributed by atoms with E-state index in [0.29, 0.717) is 18.9 Å². The number of hydrogen-bond donors (Lipinski definition) is 2. The smallest absolute Gasteiger partial charge is 0.187 e. The third-order valence-electron chi connectivity index (χ3n) is 3.76. The molecule has 0 atom stereocenters. The fourth-order valence-corrected chi connectivity index (χ4v) is 2.44. The molecule has 1 aromatic heterocycles. The van der Waals surface area contributed by atoms with Gasteiger partial charge in [-0.2, -0.15) is 0 Å². The lowest BCUT2D eigenvalue weighted by Gasteiger charge is -2.33. The average molecular weight is 294 g/mol. The fourth-order valence-electron chi connectivity index (χ4n) is 2.44. The molecule has 112 valence electrons. The lowest BCUT2D eigenvalue weighted by molar-refractivity contribution is 0.311. The molecule has 1 aromatic carbocycles. The molecule has 1 aliphatic rings. The molecule has 2 aromatic rings. The molecule has 2 heterocycles. The number of piperazine rings is 1. The van der Waals surface area contributed by atoms with Crippen molar-refractivity contribution in [2.45, 2.75) is 0 Å². The minimum atomic E-state index is -1.00. The summed E-state index contributed by atoms with van der Waals surface area (Å²) in [7, 11) is 2.02. The highest BCUT2D eigenvalue weighted by Crippen LogP contribution is 2.17. The van der Waals surface area contributed by atoms with Crippen LogP contribution in [0.3, 0.4) is 0 Å². The van der Waals surface area contributed by atoms with Crippen molar-refractivity contribution in [1.29, 1.82) is 5.41 Å². The predicted octanol–water partition coefficient (Wildman–Crippen LogP) is 0.260. The number of nitrogens with two attached hydrogens (primary N) is 1. The summed E-state index contributed by atoms with van der Waals surface area (Å²) < 4.78 is 27.7. The Balaban J connectivity index is 2.14. The molecule has 0 spiro atoms. The predicted molar refractivity (Wildman–Crippen MR) is 75.4 cm³/mol. The summed E-state index contributed by atoms with van der Waals surface area (Å²) in [5, 5.41) is 8.09. The minimum absolute atomic E-state index is 0.0157. The highest BCUT2D eigenvalue weighted by molar-refractivity contribution is 5.76. The summed E-state index contributed by atoms with van der Waals surface area (Å²) in [6.45, 7) is 3.12. The molecule has 0 saturated carbocycles. The number of nitrogens with zero attached hydrogens (tertiary/aromatic N) is 4. The number of nitrogens with one attached hydrogen (secondary N) is 1. The maximum absolute atomic E-state index is 13.4. The van der Waals surface area contributed by atoms with E-state index < -0.39 is 11.6 Å². The van der Waals surface area contributed by atoms with Crippen molar-refractivity contribution < 1.29 is 8.78 Å². The summed E-state index contributed by atoms with van der Waals surface area (Å²) >= 11 is 0. The van der Waals surface area contributed by atoms with E-state index in [-0.39, 0.29) is 16.5 Å². The minimum Gasteiger partial charge on any atom is -0.351 e. The number of rotatable bonds is 1. The molecule has 8 heteroatoms. The Bertz CT molecular complexity index is 748. The Hall–Kier alpha value is -2.22. The van der Waals surface area contributed by atoms with Crippen molar-refractivity contribution in [3.05, 3.63) is 29.3 Å². The van der Waals surface area contributed by atoms with Crippen LogP contribution in [0, 0.1) is 17.0 Å².